The third kappa shape index (κ3) is 2.27. The molecule has 1 aliphatic rings. The van der Waals surface area contributed by atoms with Crippen LogP contribution < -0.4 is 0 Å². The highest BCUT2D eigenvalue weighted by molar-refractivity contribution is 9.10. The Morgan fingerprint density at radius 3 is 2.88 bits per heavy atom. The molecule has 1 aliphatic carbocycles. The molecule has 1 nitrogen and oxygen atoms in total. The van der Waals surface area contributed by atoms with E-state index in [1.165, 1.54) is 24.8 Å². The summed E-state index contributed by atoms with van der Waals surface area (Å²) in [5.41, 5.74) is 1.74. The fraction of sp³-hybridized carbons (Fsp3) is 0.571. The Balaban J connectivity index is 2.18. The Morgan fingerprint density at radius 2 is 2.31 bits per heavy atom. The number of allylic oxidation sites excluding steroid dienone is 1. The van der Waals surface area contributed by atoms with Gasteiger partial charge in [0, 0.05) is 6.42 Å². The van der Waals surface area contributed by atoms with E-state index in [1.807, 2.05) is 6.07 Å². The van der Waals surface area contributed by atoms with Crippen molar-refractivity contribution in [2.75, 3.05) is 0 Å². The van der Waals surface area contributed by atoms with Crippen LogP contribution in [0.15, 0.2) is 33.4 Å². The molecular weight excluding hydrogens is 264 g/mol. The Hall–Kier alpha value is -0.500. The van der Waals surface area contributed by atoms with E-state index in [-0.39, 0.29) is 0 Å². The molecule has 1 atom stereocenters. The lowest BCUT2D eigenvalue weighted by molar-refractivity contribution is 0.182. The molecule has 1 aromatic rings. The Kier molecular flexibility index (Phi) is 3.29. The molecule has 16 heavy (non-hydrogen) atoms. The zero-order chi connectivity index (χ0) is 11.8. The average Bonchev–Trinajstić information content (AvgIpc) is 2.58. The zero-order valence-electron chi connectivity index (χ0n) is 10.1. The van der Waals surface area contributed by atoms with Crippen molar-refractivity contribution in [2.45, 2.75) is 39.5 Å². The topological polar surface area (TPSA) is 13.1 Å². The highest BCUT2D eigenvalue weighted by Gasteiger charge is 2.35. The molecule has 0 saturated heterocycles. The summed E-state index contributed by atoms with van der Waals surface area (Å²) in [5, 5.41) is 0. The Morgan fingerprint density at radius 1 is 1.56 bits per heavy atom. The van der Waals surface area contributed by atoms with Gasteiger partial charge in [-0.2, -0.15) is 0 Å². The lowest BCUT2D eigenvalue weighted by Crippen LogP contribution is -2.31. The molecule has 0 spiro atoms. The second-order valence-corrected chi connectivity index (χ2v) is 6.30. The second-order valence-electron chi connectivity index (χ2n) is 5.45. The lowest BCUT2D eigenvalue weighted by atomic mass is 9.65. The van der Waals surface area contributed by atoms with Gasteiger partial charge >= 0.3 is 0 Å². The third-order valence-electron chi connectivity index (χ3n) is 3.84. The standard InChI is InChI=1S/C14H19BrO/c1-10-5-4-7-14(2,3)11(10)9-13-12(15)6-8-16-13/h6,8,11H,1,4-5,7,9H2,2-3H3. The van der Waals surface area contributed by atoms with E-state index in [9.17, 15) is 0 Å². The summed E-state index contributed by atoms with van der Waals surface area (Å²) < 4.78 is 6.61. The number of hydrogen-bond donors (Lipinski definition) is 0. The monoisotopic (exact) mass is 282 g/mol. The van der Waals surface area contributed by atoms with Gasteiger partial charge in [0.25, 0.3) is 0 Å². The number of hydrogen-bond acceptors (Lipinski definition) is 1. The van der Waals surface area contributed by atoms with Crippen LogP contribution in [0.1, 0.15) is 38.9 Å². The van der Waals surface area contributed by atoms with E-state index in [0.29, 0.717) is 11.3 Å². The van der Waals surface area contributed by atoms with Gasteiger partial charge in [-0.05, 0) is 52.6 Å². The molecule has 0 bridgehead atoms. The van der Waals surface area contributed by atoms with E-state index < -0.39 is 0 Å². The summed E-state index contributed by atoms with van der Waals surface area (Å²) >= 11 is 3.53. The first-order valence-corrected chi connectivity index (χ1v) is 6.69. The summed E-state index contributed by atoms with van der Waals surface area (Å²) in [6.07, 6.45) is 6.46. The van der Waals surface area contributed by atoms with Crippen LogP contribution in [0.4, 0.5) is 0 Å². The van der Waals surface area contributed by atoms with Crippen LogP contribution in [-0.4, -0.2) is 0 Å². The van der Waals surface area contributed by atoms with Gasteiger partial charge in [0.05, 0.1) is 10.7 Å². The van der Waals surface area contributed by atoms with Crippen molar-refractivity contribution in [2.24, 2.45) is 11.3 Å². The van der Waals surface area contributed by atoms with Gasteiger partial charge in [0.2, 0.25) is 0 Å². The normalized spacial score (nSPS) is 24.7. The van der Waals surface area contributed by atoms with E-state index >= 15 is 0 Å². The molecular formula is C14H19BrO. The molecule has 2 rings (SSSR count). The van der Waals surface area contributed by atoms with Crippen LogP contribution in [0.3, 0.4) is 0 Å². The molecule has 0 aliphatic heterocycles. The van der Waals surface area contributed by atoms with Crippen molar-refractivity contribution in [3.63, 3.8) is 0 Å². The first-order valence-electron chi connectivity index (χ1n) is 5.90. The SMILES string of the molecule is C=C1CCCC(C)(C)C1Cc1occc1Br. The Bertz CT molecular complexity index is 389. The number of furan rings is 1. The molecule has 1 saturated carbocycles. The van der Waals surface area contributed by atoms with Gasteiger partial charge in [-0.25, -0.2) is 0 Å². The van der Waals surface area contributed by atoms with Crippen LogP contribution in [0.2, 0.25) is 0 Å². The highest BCUT2D eigenvalue weighted by Crippen LogP contribution is 2.45. The van der Waals surface area contributed by atoms with Crippen LogP contribution in [-0.2, 0) is 6.42 Å². The van der Waals surface area contributed by atoms with E-state index in [0.717, 1.165) is 16.7 Å². The van der Waals surface area contributed by atoms with Crippen molar-refractivity contribution in [1.82, 2.24) is 0 Å². The quantitative estimate of drug-likeness (QED) is 0.699. The van der Waals surface area contributed by atoms with Gasteiger partial charge < -0.3 is 4.42 Å². The first-order chi connectivity index (χ1) is 7.50. The molecule has 0 amide bonds. The maximum Gasteiger partial charge on any atom is 0.118 e. The molecule has 88 valence electrons. The van der Waals surface area contributed by atoms with Crippen molar-refractivity contribution in [3.05, 3.63) is 34.7 Å². The van der Waals surface area contributed by atoms with Gasteiger partial charge in [0.15, 0.2) is 0 Å². The van der Waals surface area contributed by atoms with Crippen LogP contribution in [0.5, 0.6) is 0 Å². The number of rotatable bonds is 2. The second kappa shape index (κ2) is 4.40. The molecule has 0 aromatic carbocycles. The molecule has 0 N–H and O–H groups in total. The largest absolute Gasteiger partial charge is 0.468 e. The van der Waals surface area contributed by atoms with Crippen molar-refractivity contribution < 1.29 is 4.42 Å². The van der Waals surface area contributed by atoms with Crippen molar-refractivity contribution >= 4 is 15.9 Å². The molecule has 1 heterocycles. The molecule has 0 radical (unpaired) electrons. The minimum atomic E-state index is 0.349. The smallest absolute Gasteiger partial charge is 0.118 e. The van der Waals surface area contributed by atoms with Crippen LogP contribution in [0.25, 0.3) is 0 Å². The minimum absolute atomic E-state index is 0.349. The highest BCUT2D eigenvalue weighted by atomic mass is 79.9. The summed E-state index contributed by atoms with van der Waals surface area (Å²) in [6.45, 7) is 8.94. The van der Waals surface area contributed by atoms with Gasteiger partial charge in [-0.15, -0.1) is 0 Å². The average molecular weight is 283 g/mol. The van der Waals surface area contributed by atoms with Crippen LogP contribution >= 0.6 is 15.9 Å². The fourth-order valence-corrected chi connectivity index (χ4v) is 3.11. The summed E-state index contributed by atoms with van der Waals surface area (Å²) in [6, 6.07) is 1.97. The van der Waals surface area contributed by atoms with Crippen molar-refractivity contribution in [1.29, 1.82) is 0 Å². The van der Waals surface area contributed by atoms with Gasteiger partial charge in [0.1, 0.15) is 5.76 Å². The van der Waals surface area contributed by atoms with Crippen LogP contribution in [0, 0.1) is 11.3 Å². The minimum Gasteiger partial charge on any atom is -0.468 e. The summed E-state index contributed by atoms with van der Waals surface area (Å²) in [5.74, 6) is 1.60. The maximum absolute atomic E-state index is 5.52. The predicted octanol–water partition coefficient (Wildman–Crippen LogP) is 4.97. The first kappa shape index (κ1) is 12.0. The zero-order valence-corrected chi connectivity index (χ0v) is 11.6. The summed E-state index contributed by atoms with van der Waals surface area (Å²) in [4.78, 5) is 0. The lowest BCUT2D eigenvalue weighted by Gasteiger charge is -2.40. The Labute approximate surface area is 106 Å². The van der Waals surface area contributed by atoms with E-state index in [4.69, 9.17) is 4.42 Å². The molecule has 1 fully saturated rings. The maximum atomic E-state index is 5.52. The third-order valence-corrected chi connectivity index (χ3v) is 4.54. The van der Waals surface area contributed by atoms with Crippen molar-refractivity contribution in [3.8, 4) is 0 Å². The van der Waals surface area contributed by atoms with E-state index in [2.05, 4.69) is 36.4 Å². The summed E-state index contributed by atoms with van der Waals surface area (Å²) in [7, 11) is 0. The van der Waals surface area contributed by atoms with E-state index in [1.54, 1.807) is 6.26 Å². The molecule has 2 heteroatoms. The number of halogens is 1. The van der Waals surface area contributed by atoms with Gasteiger partial charge in [-0.1, -0.05) is 26.0 Å². The fourth-order valence-electron chi connectivity index (χ4n) is 2.75. The van der Waals surface area contributed by atoms with Gasteiger partial charge in [-0.3, -0.25) is 0 Å². The predicted molar refractivity (Wildman–Crippen MR) is 70.4 cm³/mol. The molecule has 1 unspecified atom stereocenters. The molecule has 1 aromatic heterocycles.